The van der Waals surface area contributed by atoms with Gasteiger partial charge in [-0.2, -0.15) is 0 Å². The highest BCUT2D eigenvalue weighted by molar-refractivity contribution is 5.79. The van der Waals surface area contributed by atoms with Crippen molar-refractivity contribution in [2.75, 3.05) is 52.4 Å². The molecule has 2 N–H and O–H groups in total. The molecule has 0 bridgehead atoms. The predicted molar refractivity (Wildman–Crippen MR) is 108 cm³/mol. The molecule has 0 saturated carbocycles. The topological polar surface area (TPSA) is 69.2 Å². The van der Waals surface area contributed by atoms with E-state index in [4.69, 9.17) is 9.73 Å². The summed E-state index contributed by atoms with van der Waals surface area (Å²) in [5.74, 6) is 1.18. The van der Waals surface area contributed by atoms with Crippen LogP contribution in [0.25, 0.3) is 0 Å². The number of nitrogens with zero attached hydrogens (tertiary/aromatic N) is 3. The number of carbonyl (C=O) groups is 1. The summed E-state index contributed by atoms with van der Waals surface area (Å²) in [5.41, 5.74) is 0. The Kier molecular flexibility index (Phi) is 8.20. The molecule has 2 unspecified atom stereocenters. The zero-order chi connectivity index (χ0) is 18.9. The monoisotopic (exact) mass is 379 g/mol. The Hall–Kier alpha value is -1.34. The Morgan fingerprint density at radius 2 is 2.15 bits per heavy atom. The summed E-state index contributed by atoms with van der Waals surface area (Å²) in [5, 5.41) is 6.72. The third-order valence-electron chi connectivity index (χ3n) is 5.83. The molecular formula is C20H37N5O2. The second-order valence-electron chi connectivity index (χ2n) is 7.94. The van der Waals surface area contributed by atoms with Crippen LogP contribution in [0.15, 0.2) is 4.99 Å². The Bertz CT molecular complexity index is 499. The fourth-order valence-electron chi connectivity index (χ4n) is 4.28. The SMILES string of the molecule is CCNC(=NCC1CN2CCCC2CO1)NCCCN1CCCCCC1=O. The maximum absolute atomic E-state index is 12.1. The summed E-state index contributed by atoms with van der Waals surface area (Å²) in [6.07, 6.45) is 7.81. The molecule has 0 aliphatic carbocycles. The van der Waals surface area contributed by atoms with Gasteiger partial charge in [-0.1, -0.05) is 6.42 Å². The molecule has 3 heterocycles. The molecule has 3 aliphatic heterocycles. The third-order valence-corrected chi connectivity index (χ3v) is 5.83. The van der Waals surface area contributed by atoms with Crippen LogP contribution < -0.4 is 10.6 Å². The van der Waals surface area contributed by atoms with Gasteiger partial charge in [0.2, 0.25) is 5.91 Å². The number of fused-ring (bicyclic) bond motifs is 1. The van der Waals surface area contributed by atoms with Gasteiger partial charge in [-0.25, -0.2) is 0 Å². The van der Waals surface area contributed by atoms with Crippen LogP contribution in [0.3, 0.4) is 0 Å². The van der Waals surface area contributed by atoms with E-state index in [0.29, 0.717) is 18.5 Å². The molecule has 1 amide bonds. The summed E-state index contributed by atoms with van der Waals surface area (Å²) < 4.78 is 6.00. The van der Waals surface area contributed by atoms with E-state index in [0.717, 1.165) is 71.0 Å². The average molecular weight is 380 g/mol. The molecule has 3 rings (SSSR count). The number of morpholine rings is 1. The van der Waals surface area contributed by atoms with Crippen molar-refractivity contribution in [1.82, 2.24) is 20.4 Å². The summed E-state index contributed by atoms with van der Waals surface area (Å²) >= 11 is 0. The van der Waals surface area contributed by atoms with Crippen molar-refractivity contribution >= 4 is 11.9 Å². The highest BCUT2D eigenvalue weighted by Crippen LogP contribution is 2.22. The summed E-state index contributed by atoms with van der Waals surface area (Å²) in [6, 6.07) is 0.637. The van der Waals surface area contributed by atoms with Crippen molar-refractivity contribution in [3.05, 3.63) is 0 Å². The van der Waals surface area contributed by atoms with Gasteiger partial charge in [0.05, 0.1) is 19.3 Å². The molecular weight excluding hydrogens is 342 g/mol. The van der Waals surface area contributed by atoms with E-state index in [1.165, 1.54) is 25.8 Å². The maximum Gasteiger partial charge on any atom is 0.222 e. The van der Waals surface area contributed by atoms with Crippen molar-refractivity contribution in [2.24, 2.45) is 4.99 Å². The first-order chi connectivity index (χ1) is 13.3. The fraction of sp³-hybridized carbons (Fsp3) is 0.900. The van der Waals surface area contributed by atoms with Gasteiger partial charge in [0, 0.05) is 45.2 Å². The lowest BCUT2D eigenvalue weighted by atomic mass is 10.2. The van der Waals surface area contributed by atoms with Crippen LogP contribution >= 0.6 is 0 Å². The van der Waals surface area contributed by atoms with Crippen molar-refractivity contribution in [3.63, 3.8) is 0 Å². The number of aliphatic imine (C=N–C) groups is 1. The zero-order valence-electron chi connectivity index (χ0n) is 16.9. The smallest absolute Gasteiger partial charge is 0.222 e. The molecule has 3 saturated heterocycles. The van der Waals surface area contributed by atoms with Gasteiger partial charge >= 0.3 is 0 Å². The maximum atomic E-state index is 12.1. The van der Waals surface area contributed by atoms with E-state index in [-0.39, 0.29) is 6.10 Å². The molecule has 0 aromatic rings. The molecule has 2 atom stereocenters. The predicted octanol–water partition coefficient (Wildman–Crippen LogP) is 1.20. The van der Waals surface area contributed by atoms with Crippen molar-refractivity contribution < 1.29 is 9.53 Å². The molecule has 27 heavy (non-hydrogen) atoms. The Labute approximate surface area is 163 Å². The Morgan fingerprint density at radius 1 is 1.22 bits per heavy atom. The van der Waals surface area contributed by atoms with Crippen LogP contribution in [-0.4, -0.2) is 86.2 Å². The molecule has 0 aromatic carbocycles. The van der Waals surface area contributed by atoms with Gasteiger partial charge in [0.15, 0.2) is 5.96 Å². The van der Waals surface area contributed by atoms with Gasteiger partial charge in [-0.05, 0) is 45.6 Å². The summed E-state index contributed by atoms with van der Waals surface area (Å²) in [7, 11) is 0. The Balaban J connectivity index is 1.37. The number of rotatable bonds is 7. The molecule has 3 aliphatic rings. The average Bonchev–Trinajstić information content (AvgIpc) is 3.05. The number of nitrogens with one attached hydrogen (secondary N) is 2. The van der Waals surface area contributed by atoms with E-state index >= 15 is 0 Å². The highest BCUT2D eigenvalue weighted by Gasteiger charge is 2.31. The minimum Gasteiger partial charge on any atom is -0.373 e. The molecule has 0 spiro atoms. The zero-order valence-corrected chi connectivity index (χ0v) is 16.9. The first-order valence-electron chi connectivity index (χ1n) is 10.9. The number of hydrogen-bond donors (Lipinski definition) is 2. The number of guanidine groups is 1. The van der Waals surface area contributed by atoms with Crippen LogP contribution in [0.5, 0.6) is 0 Å². The minimum absolute atomic E-state index is 0.199. The van der Waals surface area contributed by atoms with Gasteiger partial charge in [-0.3, -0.25) is 14.7 Å². The van der Waals surface area contributed by atoms with E-state index < -0.39 is 0 Å². The van der Waals surface area contributed by atoms with E-state index in [1.807, 2.05) is 4.90 Å². The number of amides is 1. The number of ether oxygens (including phenoxy) is 1. The van der Waals surface area contributed by atoms with Crippen LogP contribution in [0.1, 0.15) is 51.9 Å². The van der Waals surface area contributed by atoms with E-state index in [1.54, 1.807) is 0 Å². The lowest BCUT2D eigenvalue weighted by Gasteiger charge is -2.34. The van der Waals surface area contributed by atoms with Crippen LogP contribution in [0, 0.1) is 0 Å². The molecule has 7 heteroatoms. The van der Waals surface area contributed by atoms with Crippen molar-refractivity contribution in [3.8, 4) is 0 Å². The first kappa shape index (κ1) is 20.4. The lowest BCUT2D eigenvalue weighted by Crippen LogP contribution is -2.47. The van der Waals surface area contributed by atoms with Crippen molar-refractivity contribution in [1.29, 1.82) is 0 Å². The van der Waals surface area contributed by atoms with Gasteiger partial charge < -0.3 is 20.3 Å². The van der Waals surface area contributed by atoms with Gasteiger partial charge in [0.25, 0.3) is 0 Å². The normalized spacial score (nSPS) is 27.4. The van der Waals surface area contributed by atoms with E-state index in [2.05, 4.69) is 22.5 Å². The number of likely N-dealkylation sites (tertiary alicyclic amines) is 1. The first-order valence-corrected chi connectivity index (χ1v) is 10.9. The number of carbonyl (C=O) groups excluding carboxylic acids is 1. The molecule has 0 radical (unpaired) electrons. The summed E-state index contributed by atoms with van der Waals surface area (Å²) in [4.78, 5) is 21.4. The standard InChI is InChI=1S/C20H37N5O2/c1-2-21-20(22-10-7-13-24-11-5-3-4-9-19(24)26)23-14-18-15-25-12-6-8-17(25)16-27-18/h17-18H,2-16H2,1H3,(H2,21,22,23). The fourth-order valence-corrected chi connectivity index (χ4v) is 4.28. The lowest BCUT2D eigenvalue weighted by molar-refractivity contribution is -0.130. The molecule has 7 nitrogen and oxygen atoms in total. The summed E-state index contributed by atoms with van der Waals surface area (Å²) in [6.45, 7) is 9.28. The molecule has 3 fully saturated rings. The third kappa shape index (κ3) is 6.35. The second-order valence-corrected chi connectivity index (χ2v) is 7.94. The van der Waals surface area contributed by atoms with Gasteiger partial charge in [0.1, 0.15) is 0 Å². The highest BCUT2D eigenvalue weighted by atomic mass is 16.5. The minimum atomic E-state index is 0.199. The second kappa shape index (κ2) is 10.9. The number of hydrogen-bond acceptors (Lipinski definition) is 4. The Morgan fingerprint density at radius 3 is 3.04 bits per heavy atom. The van der Waals surface area contributed by atoms with E-state index in [9.17, 15) is 4.79 Å². The van der Waals surface area contributed by atoms with Gasteiger partial charge in [-0.15, -0.1) is 0 Å². The largest absolute Gasteiger partial charge is 0.373 e. The van der Waals surface area contributed by atoms with Crippen LogP contribution in [0.2, 0.25) is 0 Å². The molecule has 154 valence electrons. The van der Waals surface area contributed by atoms with Crippen LogP contribution in [0.4, 0.5) is 0 Å². The molecule has 0 aromatic heterocycles. The quantitative estimate of drug-likeness (QED) is 0.395. The van der Waals surface area contributed by atoms with Crippen LogP contribution in [-0.2, 0) is 9.53 Å². The van der Waals surface area contributed by atoms with Crippen molar-refractivity contribution in [2.45, 2.75) is 64.0 Å².